The lowest BCUT2D eigenvalue weighted by molar-refractivity contribution is -0.152. The normalized spacial score (nSPS) is 16.9. The standard InChI is InChI=1S/C29H25NO8/c1-35-20-8-10-24(36-2)19(11-20)13-26-28(32)22-9-7-21(14-25(22)38-26)37-16-27(31)30-15-18-6-4-3-5-17(18)12-23(30)29(33)34/h3-11,13-14,23H,12,15-16H2,1-2H3,(H,33,34). The smallest absolute Gasteiger partial charge is 0.326 e. The number of ketones is 1. The van der Waals surface area contributed by atoms with E-state index < -0.39 is 17.9 Å². The van der Waals surface area contributed by atoms with Crippen LogP contribution < -0.4 is 18.9 Å². The third-order valence-corrected chi connectivity index (χ3v) is 6.58. The van der Waals surface area contributed by atoms with Crippen molar-refractivity contribution in [1.82, 2.24) is 4.90 Å². The number of carbonyl (C=O) groups excluding carboxylic acids is 2. The Kier molecular flexibility index (Phi) is 6.74. The summed E-state index contributed by atoms with van der Waals surface area (Å²) in [6, 6.07) is 16.4. The van der Waals surface area contributed by atoms with Gasteiger partial charge in [0, 0.05) is 24.6 Å². The summed E-state index contributed by atoms with van der Waals surface area (Å²) in [6.07, 6.45) is 1.81. The van der Waals surface area contributed by atoms with Gasteiger partial charge in [-0.15, -0.1) is 0 Å². The number of carboxylic acid groups (broad SMARTS) is 1. The lowest BCUT2D eigenvalue weighted by atomic mass is 9.94. The monoisotopic (exact) mass is 515 g/mol. The number of aliphatic carboxylic acids is 1. The molecule has 0 aliphatic carbocycles. The molecule has 2 heterocycles. The molecule has 0 radical (unpaired) electrons. The van der Waals surface area contributed by atoms with Gasteiger partial charge in [-0.25, -0.2) is 4.79 Å². The molecule has 9 nitrogen and oxygen atoms in total. The van der Waals surface area contributed by atoms with Gasteiger partial charge >= 0.3 is 5.97 Å². The Morgan fingerprint density at radius 3 is 2.53 bits per heavy atom. The first-order valence-electron chi connectivity index (χ1n) is 11.9. The number of hydrogen-bond acceptors (Lipinski definition) is 7. The molecule has 0 spiro atoms. The maximum absolute atomic E-state index is 13.0. The van der Waals surface area contributed by atoms with Gasteiger partial charge < -0.3 is 29.0 Å². The fourth-order valence-corrected chi connectivity index (χ4v) is 4.58. The zero-order valence-corrected chi connectivity index (χ0v) is 20.8. The minimum Gasteiger partial charge on any atom is -0.497 e. The number of benzene rings is 3. The van der Waals surface area contributed by atoms with E-state index in [9.17, 15) is 19.5 Å². The summed E-state index contributed by atoms with van der Waals surface area (Å²) in [4.78, 5) is 39.1. The Labute approximate surface area is 218 Å². The van der Waals surface area contributed by atoms with Crippen molar-refractivity contribution in [3.63, 3.8) is 0 Å². The molecule has 5 rings (SSSR count). The molecule has 38 heavy (non-hydrogen) atoms. The zero-order chi connectivity index (χ0) is 26.8. The Morgan fingerprint density at radius 2 is 1.79 bits per heavy atom. The van der Waals surface area contributed by atoms with Gasteiger partial charge in [-0.3, -0.25) is 9.59 Å². The van der Waals surface area contributed by atoms with Crippen LogP contribution in [0.2, 0.25) is 0 Å². The summed E-state index contributed by atoms with van der Waals surface area (Å²) in [5, 5.41) is 9.69. The number of Topliss-reactive ketones (excluding diaryl/α,β-unsaturated/α-hetero) is 1. The molecular formula is C29H25NO8. The van der Waals surface area contributed by atoms with Gasteiger partial charge in [0.1, 0.15) is 29.0 Å². The first-order valence-corrected chi connectivity index (χ1v) is 11.9. The number of allylic oxidation sites excluding steroid dienone is 1. The predicted octanol–water partition coefficient (Wildman–Crippen LogP) is 3.74. The molecule has 0 aromatic heterocycles. The van der Waals surface area contributed by atoms with Gasteiger partial charge in [-0.2, -0.15) is 0 Å². The van der Waals surface area contributed by atoms with Crippen molar-refractivity contribution in [3.05, 3.63) is 88.7 Å². The first-order chi connectivity index (χ1) is 18.4. The molecule has 0 saturated heterocycles. The van der Waals surface area contributed by atoms with Gasteiger partial charge in [0.15, 0.2) is 12.4 Å². The number of methoxy groups -OCH3 is 2. The highest BCUT2D eigenvalue weighted by Gasteiger charge is 2.35. The van der Waals surface area contributed by atoms with E-state index in [1.807, 2.05) is 24.3 Å². The van der Waals surface area contributed by atoms with Crippen molar-refractivity contribution in [2.45, 2.75) is 19.0 Å². The van der Waals surface area contributed by atoms with Gasteiger partial charge in [0.2, 0.25) is 5.78 Å². The number of rotatable bonds is 7. The Hall–Kier alpha value is -4.79. The van der Waals surface area contributed by atoms with Crippen molar-refractivity contribution < 1.29 is 38.4 Å². The van der Waals surface area contributed by atoms with Crippen LogP contribution in [0.3, 0.4) is 0 Å². The zero-order valence-electron chi connectivity index (χ0n) is 20.8. The average molecular weight is 516 g/mol. The van der Waals surface area contributed by atoms with Gasteiger partial charge in [-0.05, 0) is 47.5 Å². The molecule has 0 bridgehead atoms. The van der Waals surface area contributed by atoms with E-state index in [0.717, 1.165) is 11.1 Å². The summed E-state index contributed by atoms with van der Waals surface area (Å²) in [7, 11) is 3.08. The van der Waals surface area contributed by atoms with Crippen LogP contribution in [0.4, 0.5) is 0 Å². The van der Waals surface area contributed by atoms with E-state index in [1.165, 1.54) is 18.1 Å². The van der Waals surface area contributed by atoms with Crippen LogP contribution >= 0.6 is 0 Å². The van der Waals surface area contributed by atoms with Gasteiger partial charge in [-0.1, -0.05) is 24.3 Å². The summed E-state index contributed by atoms with van der Waals surface area (Å²) in [6.45, 7) is -0.165. The van der Waals surface area contributed by atoms with Crippen LogP contribution in [0.1, 0.15) is 27.0 Å². The fourth-order valence-electron chi connectivity index (χ4n) is 4.58. The molecule has 2 aliphatic rings. The third-order valence-electron chi connectivity index (χ3n) is 6.58. The van der Waals surface area contributed by atoms with Crippen LogP contribution in [0.15, 0.2) is 66.4 Å². The molecule has 2 aliphatic heterocycles. The number of carbonyl (C=O) groups is 3. The highest BCUT2D eigenvalue weighted by molar-refractivity contribution is 6.14. The quantitative estimate of drug-likeness (QED) is 0.474. The second-order valence-corrected chi connectivity index (χ2v) is 8.84. The van der Waals surface area contributed by atoms with E-state index in [1.54, 1.807) is 43.5 Å². The first kappa shape index (κ1) is 24.9. The Balaban J connectivity index is 1.30. The number of fused-ring (bicyclic) bond motifs is 2. The second-order valence-electron chi connectivity index (χ2n) is 8.84. The van der Waals surface area contributed by atoms with Crippen LogP contribution in [-0.4, -0.2) is 54.5 Å². The maximum atomic E-state index is 13.0. The molecule has 1 atom stereocenters. The number of nitrogens with zero attached hydrogens (tertiary/aromatic N) is 1. The summed E-state index contributed by atoms with van der Waals surface area (Å²) < 4.78 is 22.1. The van der Waals surface area contributed by atoms with Crippen LogP contribution in [-0.2, 0) is 22.6 Å². The van der Waals surface area contributed by atoms with E-state index in [-0.39, 0.29) is 31.1 Å². The molecule has 1 unspecified atom stereocenters. The number of amides is 1. The number of carboxylic acids is 1. The van der Waals surface area contributed by atoms with E-state index in [2.05, 4.69) is 0 Å². The van der Waals surface area contributed by atoms with Crippen LogP contribution in [0, 0.1) is 0 Å². The average Bonchev–Trinajstić information content (AvgIpc) is 3.24. The maximum Gasteiger partial charge on any atom is 0.326 e. The SMILES string of the molecule is COc1ccc(OC)c(C=C2Oc3cc(OCC(=O)N4Cc5ccccc5CC4C(=O)O)ccc3C2=O)c1. The number of ether oxygens (including phenoxy) is 4. The highest BCUT2D eigenvalue weighted by atomic mass is 16.5. The largest absolute Gasteiger partial charge is 0.497 e. The molecule has 194 valence electrons. The molecule has 0 fully saturated rings. The topological polar surface area (TPSA) is 112 Å². The molecule has 3 aromatic carbocycles. The van der Waals surface area contributed by atoms with Crippen molar-refractivity contribution >= 4 is 23.7 Å². The van der Waals surface area contributed by atoms with Crippen molar-refractivity contribution in [2.75, 3.05) is 20.8 Å². The Morgan fingerprint density at radius 1 is 1.03 bits per heavy atom. The van der Waals surface area contributed by atoms with Gasteiger partial charge in [0.25, 0.3) is 5.91 Å². The van der Waals surface area contributed by atoms with E-state index >= 15 is 0 Å². The molecular weight excluding hydrogens is 490 g/mol. The molecule has 0 saturated carbocycles. The van der Waals surface area contributed by atoms with Crippen LogP contribution in [0.5, 0.6) is 23.0 Å². The predicted molar refractivity (Wildman–Crippen MR) is 137 cm³/mol. The van der Waals surface area contributed by atoms with E-state index in [4.69, 9.17) is 18.9 Å². The third kappa shape index (κ3) is 4.78. The highest BCUT2D eigenvalue weighted by Crippen LogP contribution is 2.36. The van der Waals surface area contributed by atoms with Gasteiger partial charge in [0.05, 0.1) is 19.8 Å². The van der Waals surface area contributed by atoms with Crippen molar-refractivity contribution in [3.8, 4) is 23.0 Å². The van der Waals surface area contributed by atoms with Crippen molar-refractivity contribution in [1.29, 1.82) is 0 Å². The lowest BCUT2D eigenvalue weighted by Gasteiger charge is -2.34. The summed E-state index contributed by atoms with van der Waals surface area (Å²) in [5.74, 6) is 0.0495. The molecule has 9 heteroatoms. The minimum atomic E-state index is -1.07. The lowest BCUT2D eigenvalue weighted by Crippen LogP contribution is -2.50. The Bertz CT molecular complexity index is 1460. The fraction of sp³-hybridized carbons (Fsp3) is 0.207. The van der Waals surface area contributed by atoms with Crippen LogP contribution in [0.25, 0.3) is 6.08 Å². The summed E-state index contributed by atoms with van der Waals surface area (Å²) in [5.41, 5.74) is 2.80. The van der Waals surface area contributed by atoms with E-state index in [0.29, 0.717) is 34.1 Å². The van der Waals surface area contributed by atoms with Crippen molar-refractivity contribution in [2.24, 2.45) is 0 Å². The molecule has 1 amide bonds. The second kappa shape index (κ2) is 10.3. The summed E-state index contributed by atoms with van der Waals surface area (Å²) >= 11 is 0. The number of hydrogen-bond donors (Lipinski definition) is 1. The molecule has 1 N–H and O–H groups in total. The molecule has 3 aromatic rings. The minimum absolute atomic E-state index is 0.107.